The van der Waals surface area contributed by atoms with Gasteiger partial charge in [-0.05, 0) is 26.8 Å². The van der Waals surface area contributed by atoms with Gasteiger partial charge in [0.05, 0.1) is 6.54 Å². The van der Waals surface area contributed by atoms with Crippen molar-refractivity contribution in [3.63, 3.8) is 0 Å². The molecule has 0 unspecified atom stereocenters. The van der Waals surface area contributed by atoms with Crippen molar-refractivity contribution in [2.45, 2.75) is 45.8 Å². The van der Waals surface area contributed by atoms with Gasteiger partial charge in [-0.1, -0.05) is 6.07 Å². The molecule has 1 aromatic rings. The molecule has 0 bridgehead atoms. The van der Waals surface area contributed by atoms with Crippen LogP contribution < -0.4 is 4.74 Å². The van der Waals surface area contributed by atoms with Crippen LogP contribution in [0.3, 0.4) is 0 Å². The number of likely N-dealkylation sites (tertiary alicyclic amines) is 1. The van der Waals surface area contributed by atoms with Crippen LogP contribution in [0.15, 0.2) is 18.2 Å². The lowest BCUT2D eigenvalue weighted by Gasteiger charge is -2.28. The standard InChI is InChI=1S/C16H22N2O4/c1-11-6-5-7-14(17-11)21-13-8-9-18(10-13)15(20)16(3,4)22-12(2)19/h5-7,13H,8-10H2,1-4H3/t13-/m1/s1. The number of esters is 1. The van der Waals surface area contributed by atoms with Crippen LogP contribution in [0.2, 0.25) is 0 Å². The highest BCUT2D eigenvalue weighted by molar-refractivity contribution is 5.87. The van der Waals surface area contributed by atoms with E-state index in [1.54, 1.807) is 24.8 Å². The Morgan fingerprint density at radius 1 is 1.36 bits per heavy atom. The summed E-state index contributed by atoms with van der Waals surface area (Å²) in [6.45, 7) is 7.46. The van der Waals surface area contributed by atoms with Gasteiger partial charge in [0, 0.05) is 31.6 Å². The smallest absolute Gasteiger partial charge is 0.303 e. The first-order chi connectivity index (χ1) is 10.3. The van der Waals surface area contributed by atoms with Gasteiger partial charge in [0.15, 0.2) is 5.60 Å². The number of nitrogens with zero attached hydrogens (tertiary/aromatic N) is 2. The van der Waals surface area contributed by atoms with E-state index in [0.29, 0.717) is 19.0 Å². The van der Waals surface area contributed by atoms with Crippen LogP contribution in [0.4, 0.5) is 0 Å². The van der Waals surface area contributed by atoms with Crippen LogP contribution in [0, 0.1) is 6.92 Å². The summed E-state index contributed by atoms with van der Waals surface area (Å²) in [5, 5.41) is 0. The molecule has 1 fully saturated rings. The number of hydrogen-bond acceptors (Lipinski definition) is 5. The Hall–Kier alpha value is -2.11. The van der Waals surface area contributed by atoms with Crippen molar-refractivity contribution in [3.05, 3.63) is 23.9 Å². The van der Waals surface area contributed by atoms with E-state index in [2.05, 4.69) is 4.98 Å². The summed E-state index contributed by atoms with van der Waals surface area (Å²) in [4.78, 5) is 29.5. The van der Waals surface area contributed by atoms with Gasteiger partial charge < -0.3 is 14.4 Å². The van der Waals surface area contributed by atoms with Gasteiger partial charge in [-0.3, -0.25) is 9.59 Å². The molecular formula is C16H22N2O4. The van der Waals surface area contributed by atoms with Crippen molar-refractivity contribution in [2.75, 3.05) is 13.1 Å². The SMILES string of the molecule is CC(=O)OC(C)(C)C(=O)N1CC[C@@H](Oc2cccc(C)n2)C1. The van der Waals surface area contributed by atoms with Gasteiger partial charge in [-0.25, -0.2) is 4.98 Å². The molecule has 1 amide bonds. The molecule has 2 rings (SSSR count). The van der Waals surface area contributed by atoms with Crippen molar-refractivity contribution >= 4 is 11.9 Å². The minimum absolute atomic E-state index is 0.0913. The number of aromatic nitrogens is 1. The number of ether oxygens (including phenoxy) is 2. The molecule has 1 atom stereocenters. The van der Waals surface area contributed by atoms with E-state index in [1.807, 2.05) is 19.1 Å². The molecule has 120 valence electrons. The second kappa shape index (κ2) is 6.34. The number of carbonyl (C=O) groups excluding carboxylic acids is 2. The Balaban J connectivity index is 1.95. The van der Waals surface area contributed by atoms with E-state index in [1.165, 1.54) is 6.92 Å². The minimum Gasteiger partial charge on any atom is -0.472 e. The molecule has 0 aliphatic carbocycles. The molecule has 22 heavy (non-hydrogen) atoms. The summed E-state index contributed by atoms with van der Waals surface area (Å²) < 4.78 is 10.9. The Morgan fingerprint density at radius 3 is 2.73 bits per heavy atom. The van der Waals surface area contributed by atoms with Crippen LogP contribution in [0.1, 0.15) is 32.9 Å². The largest absolute Gasteiger partial charge is 0.472 e. The lowest BCUT2D eigenvalue weighted by Crippen LogP contribution is -2.47. The highest BCUT2D eigenvalue weighted by Crippen LogP contribution is 2.21. The maximum atomic E-state index is 12.4. The van der Waals surface area contributed by atoms with Gasteiger partial charge >= 0.3 is 5.97 Å². The number of hydrogen-bond donors (Lipinski definition) is 0. The molecular weight excluding hydrogens is 284 g/mol. The predicted octanol–water partition coefficient (Wildman–Crippen LogP) is 1.71. The maximum absolute atomic E-state index is 12.4. The number of amides is 1. The first kappa shape index (κ1) is 16.3. The quantitative estimate of drug-likeness (QED) is 0.792. The Kier molecular flexibility index (Phi) is 4.68. The zero-order valence-electron chi connectivity index (χ0n) is 13.5. The average Bonchev–Trinajstić information content (AvgIpc) is 2.84. The number of carbonyl (C=O) groups is 2. The molecule has 6 nitrogen and oxygen atoms in total. The van der Waals surface area contributed by atoms with Crippen molar-refractivity contribution in [1.82, 2.24) is 9.88 Å². The molecule has 2 heterocycles. The molecule has 0 saturated carbocycles. The third kappa shape index (κ3) is 3.96. The molecule has 0 N–H and O–H groups in total. The minimum atomic E-state index is -1.15. The zero-order chi connectivity index (χ0) is 16.3. The second-order valence-corrected chi connectivity index (χ2v) is 6.00. The van der Waals surface area contributed by atoms with E-state index in [0.717, 1.165) is 12.1 Å². The van der Waals surface area contributed by atoms with Crippen LogP contribution in [-0.2, 0) is 14.3 Å². The van der Waals surface area contributed by atoms with Crippen molar-refractivity contribution in [1.29, 1.82) is 0 Å². The fraction of sp³-hybridized carbons (Fsp3) is 0.562. The van der Waals surface area contributed by atoms with Crippen LogP contribution in [0.25, 0.3) is 0 Å². The van der Waals surface area contributed by atoms with E-state index >= 15 is 0 Å². The summed E-state index contributed by atoms with van der Waals surface area (Å²) in [5.74, 6) is -0.0983. The lowest BCUT2D eigenvalue weighted by atomic mass is 10.1. The van der Waals surface area contributed by atoms with E-state index in [4.69, 9.17) is 9.47 Å². The van der Waals surface area contributed by atoms with Gasteiger partial charge in [0.2, 0.25) is 5.88 Å². The molecule has 1 aromatic heterocycles. The topological polar surface area (TPSA) is 68.7 Å². The molecule has 1 saturated heterocycles. The third-order valence-electron chi connectivity index (χ3n) is 3.50. The maximum Gasteiger partial charge on any atom is 0.303 e. The monoisotopic (exact) mass is 306 g/mol. The Morgan fingerprint density at radius 2 is 2.09 bits per heavy atom. The van der Waals surface area contributed by atoms with Gasteiger partial charge in [0.1, 0.15) is 6.10 Å². The van der Waals surface area contributed by atoms with Crippen molar-refractivity contribution in [2.24, 2.45) is 0 Å². The number of pyridine rings is 1. The molecule has 0 aromatic carbocycles. The molecule has 0 spiro atoms. The first-order valence-electron chi connectivity index (χ1n) is 7.37. The predicted molar refractivity (Wildman–Crippen MR) is 80.4 cm³/mol. The van der Waals surface area contributed by atoms with E-state index < -0.39 is 11.6 Å². The third-order valence-corrected chi connectivity index (χ3v) is 3.50. The fourth-order valence-electron chi connectivity index (χ4n) is 2.55. The van der Waals surface area contributed by atoms with E-state index in [9.17, 15) is 9.59 Å². The van der Waals surface area contributed by atoms with Gasteiger partial charge in [0.25, 0.3) is 5.91 Å². The zero-order valence-corrected chi connectivity index (χ0v) is 13.5. The molecule has 1 aliphatic rings. The van der Waals surface area contributed by atoms with Crippen molar-refractivity contribution in [3.8, 4) is 5.88 Å². The number of rotatable bonds is 4. The normalized spacial score (nSPS) is 18.2. The summed E-state index contributed by atoms with van der Waals surface area (Å²) >= 11 is 0. The average molecular weight is 306 g/mol. The Labute approximate surface area is 130 Å². The molecule has 0 radical (unpaired) electrons. The number of aryl methyl sites for hydroxylation is 1. The fourth-order valence-corrected chi connectivity index (χ4v) is 2.55. The van der Waals surface area contributed by atoms with Crippen molar-refractivity contribution < 1.29 is 19.1 Å². The summed E-state index contributed by atoms with van der Waals surface area (Å²) in [7, 11) is 0. The highest BCUT2D eigenvalue weighted by Gasteiger charge is 2.38. The van der Waals surface area contributed by atoms with Gasteiger partial charge in [-0.2, -0.15) is 0 Å². The first-order valence-corrected chi connectivity index (χ1v) is 7.37. The molecule has 1 aliphatic heterocycles. The Bertz CT molecular complexity index is 571. The summed E-state index contributed by atoms with van der Waals surface area (Å²) in [6.07, 6.45) is 0.642. The highest BCUT2D eigenvalue weighted by atomic mass is 16.6. The van der Waals surface area contributed by atoms with Crippen LogP contribution in [0.5, 0.6) is 5.88 Å². The summed E-state index contributed by atoms with van der Waals surface area (Å²) in [5.41, 5.74) is -0.262. The van der Waals surface area contributed by atoms with Crippen LogP contribution >= 0.6 is 0 Å². The second-order valence-electron chi connectivity index (χ2n) is 6.00. The van der Waals surface area contributed by atoms with Crippen LogP contribution in [-0.4, -0.2) is 46.6 Å². The lowest BCUT2D eigenvalue weighted by molar-refractivity contribution is -0.168. The van der Waals surface area contributed by atoms with E-state index in [-0.39, 0.29) is 12.0 Å². The van der Waals surface area contributed by atoms with Gasteiger partial charge in [-0.15, -0.1) is 0 Å². The molecule has 6 heteroatoms. The summed E-state index contributed by atoms with van der Waals surface area (Å²) in [6, 6.07) is 5.60.